The fraction of sp³-hybridized carbons (Fsp3) is 0.455. The average molecular weight is 164 g/mol. The first kappa shape index (κ1) is 9.27. The molecule has 0 unspecified atom stereocenters. The highest BCUT2D eigenvalue weighted by Crippen LogP contribution is 2.00. The zero-order chi connectivity index (χ0) is 8.81. The van der Waals surface area contributed by atoms with Crippen molar-refractivity contribution in [2.45, 2.75) is 26.4 Å². The minimum absolute atomic E-state index is 0.341. The molecule has 12 heavy (non-hydrogen) atoms. The van der Waals surface area contributed by atoms with Gasteiger partial charge in [-0.2, -0.15) is 0 Å². The van der Waals surface area contributed by atoms with Crippen LogP contribution in [0.5, 0.6) is 0 Å². The lowest BCUT2D eigenvalue weighted by Gasteiger charge is -2.06. The molecule has 1 heteroatoms. The molecule has 0 aliphatic heterocycles. The molecule has 0 saturated heterocycles. The van der Waals surface area contributed by atoms with Crippen LogP contribution in [-0.2, 0) is 11.2 Å². The summed E-state index contributed by atoms with van der Waals surface area (Å²) in [4.78, 5) is 0. The van der Waals surface area contributed by atoms with Crippen molar-refractivity contribution >= 4 is 0 Å². The predicted molar refractivity (Wildman–Crippen MR) is 51.2 cm³/mol. The molecule has 0 saturated carbocycles. The normalized spacial score (nSPS) is 10.6. The maximum atomic E-state index is 5.45. The molecule has 1 rings (SSSR count). The third-order valence-electron chi connectivity index (χ3n) is 1.68. The fourth-order valence-corrected chi connectivity index (χ4v) is 1.06. The van der Waals surface area contributed by atoms with Crippen LogP contribution in [0.3, 0.4) is 0 Å². The van der Waals surface area contributed by atoms with E-state index in [9.17, 15) is 0 Å². The van der Waals surface area contributed by atoms with Crippen molar-refractivity contribution in [3.8, 4) is 0 Å². The van der Waals surface area contributed by atoms with Crippen LogP contribution in [0.15, 0.2) is 30.3 Å². The van der Waals surface area contributed by atoms with Crippen LogP contribution < -0.4 is 0 Å². The summed E-state index contributed by atoms with van der Waals surface area (Å²) in [5.74, 6) is 0. The van der Waals surface area contributed by atoms with Crippen molar-refractivity contribution < 1.29 is 4.74 Å². The standard InChI is InChI=1S/C11H16O/c1-10(2)12-9-8-11-6-4-3-5-7-11/h3-7,10H,8-9H2,1-2H3. The molecule has 0 amide bonds. The third-order valence-corrected chi connectivity index (χ3v) is 1.68. The van der Waals surface area contributed by atoms with Crippen molar-refractivity contribution in [2.75, 3.05) is 6.61 Å². The lowest BCUT2D eigenvalue weighted by atomic mass is 10.2. The smallest absolute Gasteiger partial charge is 0.0519 e. The molecule has 0 spiro atoms. The molecule has 0 atom stereocenters. The van der Waals surface area contributed by atoms with Gasteiger partial charge in [-0.3, -0.25) is 0 Å². The second-order valence-electron chi connectivity index (χ2n) is 3.16. The van der Waals surface area contributed by atoms with Gasteiger partial charge in [0.2, 0.25) is 0 Å². The van der Waals surface area contributed by atoms with E-state index in [4.69, 9.17) is 4.74 Å². The van der Waals surface area contributed by atoms with E-state index in [1.165, 1.54) is 5.56 Å². The number of hydrogen-bond donors (Lipinski definition) is 0. The van der Waals surface area contributed by atoms with E-state index < -0.39 is 0 Å². The van der Waals surface area contributed by atoms with Gasteiger partial charge in [-0.1, -0.05) is 30.3 Å². The highest BCUT2D eigenvalue weighted by molar-refractivity contribution is 5.14. The topological polar surface area (TPSA) is 9.23 Å². The van der Waals surface area contributed by atoms with Gasteiger partial charge in [0.25, 0.3) is 0 Å². The Balaban J connectivity index is 2.25. The zero-order valence-electron chi connectivity index (χ0n) is 7.79. The summed E-state index contributed by atoms with van der Waals surface area (Å²) in [5.41, 5.74) is 1.35. The van der Waals surface area contributed by atoms with Crippen molar-refractivity contribution in [1.82, 2.24) is 0 Å². The molecule has 0 aliphatic carbocycles. The molecule has 0 heterocycles. The lowest BCUT2D eigenvalue weighted by molar-refractivity contribution is 0.0813. The Morgan fingerprint density at radius 2 is 1.83 bits per heavy atom. The van der Waals surface area contributed by atoms with Crippen molar-refractivity contribution in [3.63, 3.8) is 0 Å². The van der Waals surface area contributed by atoms with E-state index >= 15 is 0 Å². The monoisotopic (exact) mass is 164 g/mol. The Kier molecular flexibility index (Phi) is 3.81. The van der Waals surface area contributed by atoms with Gasteiger partial charge in [0.05, 0.1) is 12.7 Å². The summed E-state index contributed by atoms with van der Waals surface area (Å²) < 4.78 is 5.45. The van der Waals surface area contributed by atoms with Crippen LogP contribution in [-0.4, -0.2) is 12.7 Å². The quantitative estimate of drug-likeness (QED) is 0.664. The summed E-state index contributed by atoms with van der Waals surface area (Å²) in [5, 5.41) is 0. The zero-order valence-corrected chi connectivity index (χ0v) is 7.79. The van der Waals surface area contributed by atoms with Gasteiger partial charge in [0, 0.05) is 0 Å². The van der Waals surface area contributed by atoms with Gasteiger partial charge in [-0.05, 0) is 25.8 Å². The second kappa shape index (κ2) is 4.94. The molecule has 1 aromatic rings. The first-order valence-electron chi connectivity index (χ1n) is 4.44. The molecule has 0 N–H and O–H groups in total. The van der Waals surface area contributed by atoms with E-state index in [0.717, 1.165) is 13.0 Å². The summed E-state index contributed by atoms with van der Waals surface area (Å²) in [6.07, 6.45) is 1.35. The number of rotatable bonds is 4. The van der Waals surface area contributed by atoms with Crippen molar-refractivity contribution in [1.29, 1.82) is 0 Å². The van der Waals surface area contributed by atoms with Crippen molar-refractivity contribution in [3.05, 3.63) is 35.9 Å². The van der Waals surface area contributed by atoms with Gasteiger partial charge in [-0.15, -0.1) is 0 Å². The number of ether oxygens (including phenoxy) is 1. The Morgan fingerprint density at radius 3 is 2.42 bits per heavy atom. The fourth-order valence-electron chi connectivity index (χ4n) is 1.06. The molecule has 1 aromatic carbocycles. The summed E-state index contributed by atoms with van der Waals surface area (Å²) in [6.45, 7) is 4.94. The van der Waals surface area contributed by atoms with Crippen LogP contribution in [0, 0.1) is 0 Å². The summed E-state index contributed by atoms with van der Waals surface area (Å²) in [7, 11) is 0. The maximum Gasteiger partial charge on any atom is 0.0519 e. The Labute approximate surface area is 74.4 Å². The molecular weight excluding hydrogens is 148 g/mol. The Bertz CT molecular complexity index is 204. The van der Waals surface area contributed by atoms with Gasteiger partial charge >= 0.3 is 0 Å². The molecule has 0 radical (unpaired) electrons. The molecule has 0 fully saturated rings. The lowest BCUT2D eigenvalue weighted by Crippen LogP contribution is -2.05. The SMILES string of the molecule is CC(C)OCCc1ccccc1. The Hall–Kier alpha value is -0.820. The molecule has 0 bridgehead atoms. The minimum atomic E-state index is 0.341. The summed E-state index contributed by atoms with van der Waals surface area (Å²) in [6, 6.07) is 10.4. The molecule has 66 valence electrons. The Morgan fingerprint density at radius 1 is 1.17 bits per heavy atom. The van der Waals surface area contributed by atoms with Gasteiger partial charge < -0.3 is 4.74 Å². The van der Waals surface area contributed by atoms with Crippen LogP contribution in [0.1, 0.15) is 19.4 Å². The van der Waals surface area contributed by atoms with Crippen LogP contribution >= 0.6 is 0 Å². The highest BCUT2D eigenvalue weighted by Gasteiger charge is 1.93. The van der Waals surface area contributed by atoms with Crippen LogP contribution in [0.4, 0.5) is 0 Å². The minimum Gasteiger partial charge on any atom is -0.378 e. The summed E-state index contributed by atoms with van der Waals surface area (Å²) >= 11 is 0. The molecular formula is C11H16O. The number of benzene rings is 1. The van der Waals surface area contributed by atoms with Gasteiger partial charge in [0.1, 0.15) is 0 Å². The van der Waals surface area contributed by atoms with Crippen LogP contribution in [0.25, 0.3) is 0 Å². The largest absolute Gasteiger partial charge is 0.378 e. The first-order chi connectivity index (χ1) is 5.79. The van der Waals surface area contributed by atoms with E-state index in [1.807, 2.05) is 6.07 Å². The van der Waals surface area contributed by atoms with Crippen LogP contribution in [0.2, 0.25) is 0 Å². The average Bonchev–Trinajstić information content (AvgIpc) is 2.05. The predicted octanol–water partition coefficient (Wildman–Crippen LogP) is 2.65. The first-order valence-corrected chi connectivity index (χ1v) is 4.44. The second-order valence-corrected chi connectivity index (χ2v) is 3.16. The van der Waals surface area contributed by atoms with Gasteiger partial charge in [-0.25, -0.2) is 0 Å². The molecule has 0 aromatic heterocycles. The molecule has 0 aliphatic rings. The van der Waals surface area contributed by atoms with Gasteiger partial charge in [0.15, 0.2) is 0 Å². The van der Waals surface area contributed by atoms with E-state index in [2.05, 4.69) is 38.1 Å². The maximum absolute atomic E-state index is 5.45. The molecule has 1 nitrogen and oxygen atoms in total. The third kappa shape index (κ3) is 3.54. The van der Waals surface area contributed by atoms with E-state index in [0.29, 0.717) is 6.10 Å². The van der Waals surface area contributed by atoms with E-state index in [-0.39, 0.29) is 0 Å². The highest BCUT2D eigenvalue weighted by atomic mass is 16.5. The number of hydrogen-bond acceptors (Lipinski definition) is 1. The van der Waals surface area contributed by atoms with E-state index in [1.54, 1.807) is 0 Å². The van der Waals surface area contributed by atoms with Crippen molar-refractivity contribution in [2.24, 2.45) is 0 Å².